The van der Waals surface area contributed by atoms with Crippen molar-refractivity contribution < 1.29 is 9.53 Å². The highest BCUT2D eigenvalue weighted by Crippen LogP contribution is 2.26. The molecule has 1 unspecified atom stereocenters. The summed E-state index contributed by atoms with van der Waals surface area (Å²) < 4.78 is 6.70. The zero-order chi connectivity index (χ0) is 17.0. The van der Waals surface area contributed by atoms with Gasteiger partial charge in [0, 0.05) is 10.2 Å². The van der Waals surface area contributed by atoms with Crippen molar-refractivity contribution in [1.29, 1.82) is 0 Å². The number of nitrogens with one attached hydrogen (secondary N) is 1. The molecule has 1 atom stereocenters. The van der Waals surface area contributed by atoms with Gasteiger partial charge in [0.1, 0.15) is 5.75 Å². The molecule has 0 saturated heterocycles. The Balaban J connectivity index is 2.12. The number of carbonyl (C=O) groups excluding carboxylic acids is 1. The van der Waals surface area contributed by atoms with Crippen LogP contribution in [0.15, 0.2) is 40.9 Å². The van der Waals surface area contributed by atoms with E-state index in [4.69, 9.17) is 16.3 Å². The summed E-state index contributed by atoms with van der Waals surface area (Å²) in [5, 5.41) is 3.39. The highest BCUT2D eigenvalue weighted by molar-refractivity contribution is 9.10. The molecular weight excluding hydrogens is 378 g/mol. The Kier molecular flexibility index (Phi) is 6.08. The van der Waals surface area contributed by atoms with Crippen LogP contribution in [0.3, 0.4) is 0 Å². The van der Waals surface area contributed by atoms with E-state index in [2.05, 4.69) is 21.2 Å². The van der Waals surface area contributed by atoms with Crippen LogP contribution in [-0.4, -0.2) is 12.0 Å². The van der Waals surface area contributed by atoms with Crippen LogP contribution in [0.25, 0.3) is 0 Å². The molecule has 0 aliphatic heterocycles. The summed E-state index contributed by atoms with van der Waals surface area (Å²) in [5.74, 6) is 0.549. The van der Waals surface area contributed by atoms with Crippen LogP contribution in [-0.2, 0) is 4.79 Å². The SMILES string of the molecule is CCC(Oc1cccc(C)c1C)C(=O)Nc1ccc(Br)c(Cl)c1. The van der Waals surface area contributed by atoms with Gasteiger partial charge in [0.05, 0.1) is 5.02 Å². The zero-order valence-corrected chi connectivity index (χ0v) is 15.7. The zero-order valence-electron chi connectivity index (χ0n) is 13.3. The number of ether oxygens (including phenoxy) is 1. The number of hydrogen-bond donors (Lipinski definition) is 1. The molecule has 0 spiro atoms. The molecule has 0 saturated carbocycles. The van der Waals surface area contributed by atoms with Gasteiger partial charge in [-0.05, 0) is 71.6 Å². The largest absolute Gasteiger partial charge is 0.480 e. The van der Waals surface area contributed by atoms with Crippen molar-refractivity contribution in [3.05, 3.63) is 57.0 Å². The number of amides is 1. The van der Waals surface area contributed by atoms with E-state index in [1.807, 2.05) is 39.0 Å². The Morgan fingerprint density at radius 3 is 2.70 bits per heavy atom. The molecule has 122 valence electrons. The summed E-state index contributed by atoms with van der Waals surface area (Å²) in [5.41, 5.74) is 2.83. The fraction of sp³-hybridized carbons (Fsp3) is 0.278. The fourth-order valence-corrected chi connectivity index (χ4v) is 2.55. The third-order valence-corrected chi connectivity index (χ3v) is 4.91. The standard InChI is InChI=1S/C18H19BrClNO2/c1-4-16(23-17-7-5-6-11(2)12(17)3)18(22)21-13-8-9-14(19)15(20)10-13/h5-10,16H,4H2,1-3H3,(H,21,22). The molecule has 0 bridgehead atoms. The van der Waals surface area contributed by atoms with E-state index >= 15 is 0 Å². The fourth-order valence-electron chi connectivity index (χ4n) is 2.12. The molecule has 2 aromatic carbocycles. The number of rotatable bonds is 5. The minimum Gasteiger partial charge on any atom is -0.480 e. The van der Waals surface area contributed by atoms with E-state index in [1.165, 1.54) is 0 Å². The molecule has 1 N–H and O–H groups in total. The van der Waals surface area contributed by atoms with Gasteiger partial charge in [0.25, 0.3) is 5.91 Å². The molecule has 5 heteroatoms. The minimum absolute atomic E-state index is 0.188. The van der Waals surface area contributed by atoms with Crippen molar-refractivity contribution in [2.75, 3.05) is 5.32 Å². The summed E-state index contributed by atoms with van der Waals surface area (Å²) in [6.07, 6.45) is 0.0154. The molecule has 2 aromatic rings. The van der Waals surface area contributed by atoms with Gasteiger partial charge in [-0.15, -0.1) is 0 Å². The van der Waals surface area contributed by atoms with Crippen LogP contribution in [0.2, 0.25) is 5.02 Å². The van der Waals surface area contributed by atoms with E-state index in [-0.39, 0.29) is 5.91 Å². The van der Waals surface area contributed by atoms with Crippen LogP contribution in [0.5, 0.6) is 5.75 Å². The smallest absolute Gasteiger partial charge is 0.265 e. The van der Waals surface area contributed by atoms with Gasteiger partial charge < -0.3 is 10.1 Å². The van der Waals surface area contributed by atoms with Gasteiger partial charge in [0.2, 0.25) is 0 Å². The van der Waals surface area contributed by atoms with Crippen LogP contribution in [0, 0.1) is 13.8 Å². The molecule has 23 heavy (non-hydrogen) atoms. The molecule has 0 aromatic heterocycles. The van der Waals surface area contributed by atoms with E-state index in [1.54, 1.807) is 18.2 Å². The van der Waals surface area contributed by atoms with Gasteiger partial charge in [-0.1, -0.05) is 30.7 Å². The van der Waals surface area contributed by atoms with Crippen molar-refractivity contribution in [1.82, 2.24) is 0 Å². The van der Waals surface area contributed by atoms with E-state index < -0.39 is 6.10 Å². The van der Waals surface area contributed by atoms with E-state index in [0.717, 1.165) is 21.3 Å². The first-order chi connectivity index (χ1) is 10.9. The average molecular weight is 397 g/mol. The Hall–Kier alpha value is -1.52. The van der Waals surface area contributed by atoms with Gasteiger partial charge in [0.15, 0.2) is 6.10 Å². The molecule has 3 nitrogen and oxygen atoms in total. The third kappa shape index (κ3) is 4.49. The maximum atomic E-state index is 12.4. The Morgan fingerprint density at radius 1 is 1.30 bits per heavy atom. The molecule has 2 rings (SSSR count). The summed E-state index contributed by atoms with van der Waals surface area (Å²) in [7, 11) is 0. The summed E-state index contributed by atoms with van der Waals surface area (Å²) >= 11 is 9.38. The number of benzene rings is 2. The predicted octanol–water partition coefficient (Wildman–Crippen LogP) is 5.52. The van der Waals surface area contributed by atoms with Gasteiger partial charge in [-0.3, -0.25) is 4.79 Å². The van der Waals surface area contributed by atoms with Gasteiger partial charge in [-0.2, -0.15) is 0 Å². The lowest BCUT2D eigenvalue weighted by atomic mass is 10.1. The molecule has 1 amide bonds. The second kappa shape index (κ2) is 7.84. The topological polar surface area (TPSA) is 38.3 Å². The van der Waals surface area contributed by atoms with E-state index in [0.29, 0.717) is 17.1 Å². The average Bonchev–Trinajstić information content (AvgIpc) is 2.52. The lowest BCUT2D eigenvalue weighted by Crippen LogP contribution is -2.32. The lowest BCUT2D eigenvalue weighted by Gasteiger charge is -2.19. The highest BCUT2D eigenvalue weighted by atomic mass is 79.9. The summed E-state index contributed by atoms with van der Waals surface area (Å²) in [6, 6.07) is 11.1. The minimum atomic E-state index is -0.557. The first-order valence-electron chi connectivity index (χ1n) is 7.41. The Labute approximate surface area is 150 Å². The van der Waals surface area contributed by atoms with Crippen molar-refractivity contribution in [3.8, 4) is 5.75 Å². The van der Waals surface area contributed by atoms with E-state index in [9.17, 15) is 4.79 Å². The Bertz CT molecular complexity index is 718. The van der Waals surface area contributed by atoms with Crippen LogP contribution >= 0.6 is 27.5 Å². The van der Waals surface area contributed by atoms with Crippen molar-refractivity contribution in [2.45, 2.75) is 33.3 Å². The van der Waals surface area contributed by atoms with Gasteiger partial charge in [-0.25, -0.2) is 0 Å². The van der Waals surface area contributed by atoms with Gasteiger partial charge >= 0.3 is 0 Å². The predicted molar refractivity (Wildman–Crippen MR) is 98.4 cm³/mol. The molecular formula is C18H19BrClNO2. The first-order valence-corrected chi connectivity index (χ1v) is 8.58. The Morgan fingerprint density at radius 2 is 2.04 bits per heavy atom. The molecule has 0 heterocycles. The monoisotopic (exact) mass is 395 g/mol. The van der Waals surface area contributed by atoms with Crippen LogP contribution in [0.4, 0.5) is 5.69 Å². The normalized spacial score (nSPS) is 11.9. The van der Waals surface area contributed by atoms with Crippen molar-refractivity contribution >= 4 is 39.1 Å². The maximum Gasteiger partial charge on any atom is 0.265 e. The third-order valence-electron chi connectivity index (χ3n) is 3.67. The number of aryl methyl sites for hydroxylation is 1. The number of halogens is 2. The summed E-state index contributed by atoms with van der Waals surface area (Å²) in [4.78, 5) is 12.4. The lowest BCUT2D eigenvalue weighted by molar-refractivity contribution is -0.122. The highest BCUT2D eigenvalue weighted by Gasteiger charge is 2.19. The first kappa shape index (κ1) is 17.8. The number of hydrogen-bond acceptors (Lipinski definition) is 2. The van der Waals surface area contributed by atoms with Crippen LogP contribution < -0.4 is 10.1 Å². The molecule has 0 aliphatic carbocycles. The maximum absolute atomic E-state index is 12.4. The van der Waals surface area contributed by atoms with Crippen molar-refractivity contribution in [2.24, 2.45) is 0 Å². The van der Waals surface area contributed by atoms with Crippen LogP contribution in [0.1, 0.15) is 24.5 Å². The van der Waals surface area contributed by atoms with Crippen molar-refractivity contribution in [3.63, 3.8) is 0 Å². The molecule has 0 radical (unpaired) electrons. The quantitative estimate of drug-likeness (QED) is 0.723. The summed E-state index contributed by atoms with van der Waals surface area (Å²) in [6.45, 7) is 5.93. The number of carbonyl (C=O) groups is 1. The second-order valence-electron chi connectivity index (χ2n) is 5.33. The second-order valence-corrected chi connectivity index (χ2v) is 6.59. The molecule has 0 fully saturated rings. The number of anilines is 1. The molecule has 0 aliphatic rings.